The standard InChI is InChI=1S/C20H20N2O3S/c1-13(2)11-12-26-20-21-16-9-5-6-10-17(16)22(20)18(23)14-7-3-4-8-15(14)19(24)25/h3-10,13H,11-12H2,1-2H3,(H,24,25). The lowest BCUT2D eigenvalue weighted by Crippen LogP contribution is -2.17. The summed E-state index contributed by atoms with van der Waals surface area (Å²) in [6, 6.07) is 13.7. The fraction of sp³-hybridized carbons (Fsp3) is 0.250. The summed E-state index contributed by atoms with van der Waals surface area (Å²) in [6.07, 6.45) is 1.01. The molecule has 0 saturated carbocycles. The van der Waals surface area contributed by atoms with Crippen molar-refractivity contribution >= 4 is 34.7 Å². The number of aromatic nitrogens is 2. The van der Waals surface area contributed by atoms with Gasteiger partial charge in [0.05, 0.1) is 22.2 Å². The maximum Gasteiger partial charge on any atom is 0.336 e. The summed E-state index contributed by atoms with van der Waals surface area (Å²) in [5, 5.41) is 10.0. The Morgan fingerprint density at radius 2 is 1.73 bits per heavy atom. The van der Waals surface area contributed by atoms with Crippen LogP contribution in [0.4, 0.5) is 0 Å². The molecule has 0 radical (unpaired) electrons. The predicted molar refractivity (Wildman–Crippen MR) is 103 cm³/mol. The van der Waals surface area contributed by atoms with Crippen LogP contribution < -0.4 is 0 Å². The van der Waals surface area contributed by atoms with E-state index in [4.69, 9.17) is 0 Å². The highest BCUT2D eigenvalue weighted by molar-refractivity contribution is 7.99. The normalized spacial score (nSPS) is 11.2. The molecule has 2 aromatic carbocycles. The molecule has 0 spiro atoms. The first-order valence-electron chi connectivity index (χ1n) is 8.46. The molecular weight excluding hydrogens is 348 g/mol. The van der Waals surface area contributed by atoms with E-state index in [1.807, 2.05) is 24.3 Å². The number of hydrogen-bond donors (Lipinski definition) is 1. The van der Waals surface area contributed by atoms with Crippen molar-refractivity contribution in [2.45, 2.75) is 25.4 Å². The van der Waals surface area contributed by atoms with Crippen LogP contribution >= 0.6 is 11.8 Å². The lowest BCUT2D eigenvalue weighted by molar-refractivity contribution is 0.0691. The summed E-state index contributed by atoms with van der Waals surface area (Å²) >= 11 is 1.52. The lowest BCUT2D eigenvalue weighted by Gasteiger charge is -2.10. The van der Waals surface area contributed by atoms with Crippen LogP contribution in [0.2, 0.25) is 0 Å². The second-order valence-electron chi connectivity index (χ2n) is 6.41. The highest BCUT2D eigenvalue weighted by Crippen LogP contribution is 2.27. The molecule has 1 N–H and O–H groups in total. The zero-order chi connectivity index (χ0) is 18.7. The number of carboxylic acids is 1. The largest absolute Gasteiger partial charge is 0.478 e. The topological polar surface area (TPSA) is 72.2 Å². The van der Waals surface area contributed by atoms with Gasteiger partial charge in [-0.2, -0.15) is 0 Å². The van der Waals surface area contributed by atoms with E-state index in [0.29, 0.717) is 16.6 Å². The molecular formula is C20H20N2O3S. The third kappa shape index (κ3) is 3.65. The van der Waals surface area contributed by atoms with Gasteiger partial charge in [-0.05, 0) is 36.6 Å². The molecule has 0 aliphatic heterocycles. The van der Waals surface area contributed by atoms with Crippen LogP contribution in [0.25, 0.3) is 11.0 Å². The summed E-state index contributed by atoms with van der Waals surface area (Å²) < 4.78 is 1.53. The second-order valence-corrected chi connectivity index (χ2v) is 7.47. The lowest BCUT2D eigenvalue weighted by atomic mass is 10.1. The van der Waals surface area contributed by atoms with Crippen molar-refractivity contribution in [1.82, 2.24) is 9.55 Å². The molecule has 0 aliphatic rings. The molecule has 5 nitrogen and oxygen atoms in total. The van der Waals surface area contributed by atoms with E-state index in [1.165, 1.54) is 22.4 Å². The van der Waals surface area contributed by atoms with Crippen LogP contribution in [-0.4, -0.2) is 32.3 Å². The van der Waals surface area contributed by atoms with Crippen molar-refractivity contribution in [3.8, 4) is 0 Å². The molecule has 3 rings (SSSR count). The summed E-state index contributed by atoms with van der Waals surface area (Å²) in [6.45, 7) is 4.30. The Bertz CT molecular complexity index is 963. The van der Waals surface area contributed by atoms with E-state index < -0.39 is 5.97 Å². The second kappa shape index (κ2) is 7.74. The molecule has 3 aromatic rings. The number of nitrogens with zero attached hydrogens (tertiary/aromatic N) is 2. The number of benzene rings is 2. The molecule has 6 heteroatoms. The SMILES string of the molecule is CC(C)CCSc1nc2ccccc2n1C(=O)c1ccccc1C(=O)O. The quantitative estimate of drug-likeness (QED) is 0.646. The third-order valence-corrected chi connectivity index (χ3v) is 5.02. The van der Waals surface area contributed by atoms with Gasteiger partial charge in [0.1, 0.15) is 0 Å². The fourth-order valence-electron chi connectivity index (χ4n) is 2.66. The first-order chi connectivity index (χ1) is 12.5. The van der Waals surface area contributed by atoms with E-state index >= 15 is 0 Å². The van der Waals surface area contributed by atoms with Crippen LogP contribution in [0.3, 0.4) is 0 Å². The van der Waals surface area contributed by atoms with E-state index in [-0.39, 0.29) is 17.0 Å². The molecule has 0 saturated heterocycles. The van der Waals surface area contributed by atoms with Crippen molar-refractivity contribution in [3.05, 3.63) is 59.7 Å². The Morgan fingerprint density at radius 3 is 2.42 bits per heavy atom. The van der Waals surface area contributed by atoms with Gasteiger partial charge in [0.25, 0.3) is 5.91 Å². The van der Waals surface area contributed by atoms with Crippen LogP contribution in [0.1, 0.15) is 41.0 Å². The fourth-order valence-corrected chi connectivity index (χ4v) is 3.90. The van der Waals surface area contributed by atoms with E-state index in [0.717, 1.165) is 17.7 Å². The Labute approximate surface area is 156 Å². The highest BCUT2D eigenvalue weighted by Gasteiger charge is 2.22. The molecule has 134 valence electrons. The summed E-state index contributed by atoms with van der Waals surface area (Å²) in [5.74, 6) is -0.0885. The van der Waals surface area contributed by atoms with Gasteiger partial charge in [-0.25, -0.2) is 9.78 Å². The minimum atomic E-state index is -1.12. The summed E-state index contributed by atoms with van der Waals surface area (Å²) in [5.41, 5.74) is 1.56. The van der Waals surface area contributed by atoms with Gasteiger partial charge < -0.3 is 5.11 Å². The van der Waals surface area contributed by atoms with E-state index in [1.54, 1.807) is 18.2 Å². The molecule has 0 fully saturated rings. The predicted octanol–water partition coefficient (Wildman–Crippen LogP) is 4.56. The third-order valence-electron chi connectivity index (χ3n) is 4.05. The summed E-state index contributed by atoms with van der Waals surface area (Å²) in [7, 11) is 0. The number of carbonyl (C=O) groups is 2. The van der Waals surface area contributed by atoms with E-state index in [9.17, 15) is 14.7 Å². The number of hydrogen-bond acceptors (Lipinski definition) is 4. The maximum atomic E-state index is 13.2. The highest BCUT2D eigenvalue weighted by atomic mass is 32.2. The van der Waals surface area contributed by atoms with Crippen LogP contribution in [-0.2, 0) is 0 Å². The number of fused-ring (bicyclic) bond motifs is 1. The van der Waals surface area contributed by atoms with Gasteiger partial charge in [-0.15, -0.1) is 0 Å². The Balaban J connectivity index is 2.08. The van der Waals surface area contributed by atoms with Gasteiger partial charge in [0, 0.05) is 5.75 Å². The first kappa shape index (κ1) is 18.2. The molecule has 26 heavy (non-hydrogen) atoms. The molecule has 0 amide bonds. The number of imidazole rings is 1. The minimum absolute atomic E-state index is 0.00610. The number of aromatic carboxylic acids is 1. The van der Waals surface area contributed by atoms with Gasteiger partial charge in [0.2, 0.25) is 0 Å². The molecule has 0 unspecified atom stereocenters. The maximum absolute atomic E-state index is 13.2. The molecule has 1 aromatic heterocycles. The number of carboxylic acid groups (broad SMARTS) is 1. The first-order valence-corrected chi connectivity index (χ1v) is 9.45. The van der Waals surface area contributed by atoms with Crippen molar-refractivity contribution in [3.63, 3.8) is 0 Å². The zero-order valence-corrected chi connectivity index (χ0v) is 15.5. The number of carbonyl (C=O) groups excluding carboxylic acids is 1. The van der Waals surface area contributed by atoms with E-state index in [2.05, 4.69) is 18.8 Å². The van der Waals surface area contributed by atoms with Gasteiger partial charge in [-0.3, -0.25) is 9.36 Å². The Kier molecular flexibility index (Phi) is 5.42. The van der Waals surface area contributed by atoms with Crippen molar-refractivity contribution < 1.29 is 14.7 Å². The van der Waals surface area contributed by atoms with Crippen molar-refractivity contribution in [1.29, 1.82) is 0 Å². The average molecular weight is 368 g/mol. The van der Waals surface area contributed by atoms with Crippen LogP contribution in [0.15, 0.2) is 53.7 Å². The average Bonchev–Trinajstić information content (AvgIpc) is 2.99. The van der Waals surface area contributed by atoms with Crippen molar-refractivity contribution in [2.24, 2.45) is 5.92 Å². The molecule has 0 bridgehead atoms. The molecule has 1 heterocycles. The number of thioether (sulfide) groups is 1. The summed E-state index contributed by atoms with van der Waals surface area (Å²) in [4.78, 5) is 29.3. The molecule has 0 atom stereocenters. The van der Waals surface area contributed by atoms with Crippen LogP contribution in [0.5, 0.6) is 0 Å². The van der Waals surface area contributed by atoms with Gasteiger partial charge in [0.15, 0.2) is 5.16 Å². The Morgan fingerprint density at radius 1 is 1.08 bits per heavy atom. The van der Waals surface area contributed by atoms with Crippen LogP contribution in [0, 0.1) is 5.92 Å². The Hall–Kier alpha value is -2.60. The number of para-hydroxylation sites is 2. The smallest absolute Gasteiger partial charge is 0.336 e. The number of rotatable bonds is 6. The van der Waals surface area contributed by atoms with Gasteiger partial charge in [-0.1, -0.05) is 49.9 Å². The molecule has 0 aliphatic carbocycles. The monoisotopic (exact) mass is 368 g/mol. The van der Waals surface area contributed by atoms with Gasteiger partial charge >= 0.3 is 5.97 Å². The van der Waals surface area contributed by atoms with Crippen molar-refractivity contribution in [2.75, 3.05) is 5.75 Å². The zero-order valence-electron chi connectivity index (χ0n) is 14.7. The minimum Gasteiger partial charge on any atom is -0.478 e.